The van der Waals surface area contributed by atoms with Crippen molar-refractivity contribution in [2.75, 3.05) is 0 Å². The molecule has 158 valence electrons. The van der Waals surface area contributed by atoms with E-state index in [0.717, 1.165) is 11.1 Å². The fraction of sp³-hybridized carbons (Fsp3) is 0.280. The van der Waals surface area contributed by atoms with Crippen molar-refractivity contribution in [3.63, 3.8) is 0 Å². The van der Waals surface area contributed by atoms with Gasteiger partial charge in [0.2, 0.25) is 9.84 Å². The van der Waals surface area contributed by atoms with Crippen LogP contribution in [0, 0.1) is 0 Å². The van der Waals surface area contributed by atoms with Crippen LogP contribution < -0.4 is 0 Å². The molecular formula is C25H30O3SSi. The molecule has 0 aliphatic heterocycles. The second-order valence-electron chi connectivity index (χ2n) is 9.05. The van der Waals surface area contributed by atoms with Gasteiger partial charge in [-0.3, -0.25) is 0 Å². The van der Waals surface area contributed by atoms with E-state index in [-0.39, 0.29) is 16.0 Å². The molecule has 3 rings (SSSR count). The number of hydrogen-bond acceptors (Lipinski definition) is 3. The van der Waals surface area contributed by atoms with Gasteiger partial charge in [0.25, 0.3) is 0 Å². The van der Waals surface area contributed by atoms with Gasteiger partial charge in [-0.1, -0.05) is 81.4 Å². The van der Waals surface area contributed by atoms with Gasteiger partial charge >= 0.3 is 0 Å². The lowest BCUT2D eigenvalue weighted by molar-refractivity contribution is 0.222. The van der Waals surface area contributed by atoms with Crippen LogP contribution in [-0.4, -0.2) is 16.7 Å². The molecule has 30 heavy (non-hydrogen) atoms. The number of hydrogen-bond donors (Lipinski definition) is 0. The average molecular weight is 439 g/mol. The molecule has 0 aromatic heterocycles. The summed E-state index contributed by atoms with van der Waals surface area (Å²) in [6, 6.07) is 25.8. The standard InChI is InChI=1S/C25H30O3SSi/c1-25(2,3)30(4,5)28-24(20-12-8-6-9-13-20)21-16-18-23(19-17-21)29(26,27)22-14-10-7-11-15-22/h6-19,24H,1-5H3. The molecule has 0 aliphatic carbocycles. The molecule has 1 unspecified atom stereocenters. The molecule has 0 bridgehead atoms. The van der Waals surface area contributed by atoms with Crippen LogP contribution in [0.3, 0.4) is 0 Å². The maximum absolute atomic E-state index is 12.9. The van der Waals surface area contributed by atoms with Crippen LogP contribution in [0.15, 0.2) is 94.7 Å². The molecule has 0 amide bonds. The first-order valence-corrected chi connectivity index (χ1v) is 14.5. The molecule has 3 aromatic carbocycles. The Morgan fingerprint density at radius 1 is 0.700 bits per heavy atom. The van der Waals surface area contributed by atoms with Gasteiger partial charge in [0.1, 0.15) is 0 Å². The summed E-state index contributed by atoms with van der Waals surface area (Å²) >= 11 is 0. The summed E-state index contributed by atoms with van der Waals surface area (Å²) in [5, 5.41) is 0.0661. The third-order valence-corrected chi connectivity index (χ3v) is 12.1. The summed E-state index contributed by atoms with van der Waals surface area (Å²) in [7, 11) is -5.59. The lowest BCUT2D eigenvalue weighted by atomic mass is 10.0. The molecule has 1 atom stereocenters. The summed E-state index contributed by atoms with van der Waals surface area (Å²) < 4.78 is 32.6. The molecule has 5 heteroatoms. The van der Waals surface area contributed by atoms with Gasteiger partial charge in [-0.05, 0) is 53.5 Å². The molecule has 0 heterocycles. The first-order valence-electron chi connectivity index (χ1n) is 10.2. The van der Waals surface area contributed by atoms with Crippen molar-refractivity contribution in [3.05, 3.63) is 96.1 Å². The van der Waals surface area contributed by atoms with E-state index in [1.807, 2.05) is 36.4 Å². The molecule has 0 saturated carbocycles. The minimum Gasteiger partial charge on any atom is -0.406 e. The van der Waals surface area contributed by atoms with Gasteiger partial charge in [-0.15, -0.1) is 0 Å². The first-order chi connectivity index (χ1) is 14.0. The van der Waals surface area contributed by atoms with E-state index < -0.39 is 18.2 Å². The highest BCUT2D eigenvalue weighted by atomic mass is 32.2. The highest BCUT2D eigenvalue weighted by Crippen LogP contribution is 2.41. The topological polar surface area (TPSA) is 43.4 Å². The number of rotatable bonds is 6. The van der Waals surface area contributed by atoms with Crippen molar-refractivity contribution in [3.8, 4) is 0 Å². The first kappa shape index (κ1) is 22.5. The lowest BCUT2D eigenvalue weighted by Crippen LogP contribution is -2.42. The van der Waals surface area contributed by atoms with Crippen molar-refractivity contribution in [2.24, 2.45) is 0 Å². The largest absolute Gasteiger partial charge is 0.406 e. The van der Waals surface area contributed by atoms with Crippen molar-refractivity contribution in [2.45, 2.75) is 54.8 Å². The van der Waals surface area contributed by atoms with Gasteiger partial charge < -0.3 is 4.43 Å². The zero-order valence-corrected chi connectivity index (χ0v) is 20.1. The van der Waals surface area contributed by atoms with Crippen LogP contribution in [-0.2, 0) is 14.3 Å². The maximum atomic E-state index is 12.9. The van der Waals surface area contributed by atoms with E-state index in [4.69, 9.17) is 4.43 Å². The normalized spacial score (nSPS) is 13.8. The predicted octanol–water partition coefficient (Wildman–Crippen LogP) is 6.63. The summed E-state index contributed by atoms with van der Waals surface area (Å²) in [5.41, 5.74) is 2.03. The van der Waals surface area contributed by atoms with E-state index in [2.05, 4.69) is 46.0 Å². The fourth-order valence-electron chi connectivity index (χ4n) is 2.99. The van der Waals surface area contributed by atoms with Crippen LogP contribution in [0.25, 0.3) is 0 Å². The molecule has 0 fully saturated rings. The second-order valence-corrected chi connectivity index (χ2v) is 15.8. The van der Waals surface area contributed by atoms with E-state index in [1.54, 1.807) is 36.4 Å². The van der Waals surface area contributed by atoms with Gasteiger partial charge in [0.05, 0.1) is 15.9 Å². The van der Waals surface area contributed by atoms with Crippen LogP contribution in [0.1, 0.15) is 38.0 Å². The average Bonchev–Trinajstić information content (AvgIpc) is 2.72. The Morgan fingerprint density at radius 2 is 1.13 bits per heavy atom. The molecule has 0 spiro atoms. The molecule has 0 radical (unpaired) electrons. The quantitative estimate of drug-likeness (QED) is 0.406. The molecule has 3 aromatic rings. The number of benzene rings is 3. The highest BCUT2D eigenvalue weighted by molar-refractivity contribution is 7.91. The molecular weight excluding hydrogens is 408 g/mol. The number of sulfone groups is 1. The SMILES string of the molecule is CC(C)(C)[Si](C)(C)OC(c1ccccc1)c1ccc(S(=O)(=O)c2ccccc2)cc1. The monoisotopic (exact) mass is 438 g/mol. The Kier molecular flexibility index (Phi) is 6.36. The molecule has 3 nitrogen and oxygen atoms in total. The summed E-state index contributed by atoms with van der Waals surface area (Å²) in [5.74, 6) is 0. The summed E-state index contributed by atoms with van der Waals surface area (Å²) in [4.78, 5) is 0.589. The van der Waals surface area contributed by atoms with E-state index >= 15 is 0 Å². The Hall–Kier alpha value is -2.21. The maximum Gasteiger partial charge on any atom is 0.206 e. The van der Waals surface area contributed by atoms with Gasteiger partial charge in [0.15, 0.2) is 8.32 Å². The van der Waals surface area contributed by atoms with Gasteiger partial charge in [-0.25, -0.2) is 8.42 Å². The third kappa shape index (κ3) is 4.74. The van der Waals surface area contributed by atoms with E-state index in [9.17, 15) is 8.42 Å². The van der Waals surface area contributed by atoms with Crippen LogP contribution >= 0.6 is 0 Å². The zero-order valence-electron chi connectivity index (χ0n) is 18.3. The minimum absolute atomic E-state index is 0.0661. The van der Waals surface area contributed by atoms with Crippen LogP contribution in [0.4, 0.5) is 0 Å². The van der Waals surface area contributed by atoms with Gasteiger partial charge in [0, 0.05) is 0 Å². The second kappa shape index (κ2) is 8.50. The van der Waals surface area contributed by atoms with E-state index in [0.29, 0.717) is 4.90 Å². The third-order valence-electron chi connectivity index (χ3n) is 5.87. The Labute approximate surface area is 181 Å². The van der Waals surface area contributed by atoms with Crippen LogP contribution in [0.5, 0.6) is 0 Å². The molecule has 0 aliphatic rings. The Morgan fingerprint density at radius 3 is 1.63 bits per heavy atom. The molecule has 0 N–H and O–H groups in total. The highest BCUT2D eigenvalue weighted by Gasteiger charge is 2.39. The Balaban J connectivity index is 1.99. The Bertz CT molecular complexity index is 1070. The lowest BCUT2D eigenvalue weighted by Gasteiger charge is -2.39. The minimum atomic E-state index is -3.54. The smallest absolute Gasteiger partial charge is 0.206 e. The van der Waals surface area contributed by atoms with Crippen molar-refractivity contribution in [1.29, 1.82) is 0 Å². The van der Waals surface area contributed by atoms with Gasteiger partial charge in [-0.2, -0.15) is 0 Å². The van der Waals surface area contributed by atoms with Crippen molar-refractivity contribution >= 4 is 18.2 Å². The zero-order chi connectivity index (χ0) is 22.0. The predicted molar refractivity (Wildman–Crippen MR) is 125 cm³/mol. The fourth-order valence-corrected chi connectivity index (χ4v) is 5.48. The van der Waals surface area contributed by atoms with Crippen LogP contribution in [0.2, 0.25) is 18.1 Å². The summed E-state index contributed by atoms with van der Waals surface area (Å²) in [6.45, 7) is 11.1. The van der Waals surface area contributed by atoms with Crippen molar-refractivity contribution in [1.82, 2.24) is 0 Å². The van der Waals surface area contributed by atoms with E-state index in [1.165, 1.54) is 0 Å². The summed E-state index contributed by atoms with van der Waals surface area (Å²) in [6.07, 6.45) is -0.236. The molecule has 0 saturated heterocycles. The van der Waals surface area contributed by atoms with Crippen molar-refractivity contribution < 1.29 is 12.8 Å².